The van der Waals surface area contributed by atoms with Gasteiger partial charge in [0.15, 0.2) is 6.33 Å². The topological polar surface area (TPSA) is 106 Å². The SMILES string of the molecule is CC(N)c1cccc(NC(=O)NCCc2ncno2)c1. The molecule has 4 N–H and O–H groups in total. The van der Waals surface area contributed by atoms with Crippen LogP contribution in [0.25, 0.3) is 0 Å². The van der Waals surface area contributed by atoms with Crippen LogP contribution in [0, 0.1) is 0 Å². The number of hydrogen-bond acceptors (Lipinski definition) is 5. The zero-order chi connectivity index (χ0) is 14.4. The molecule has 0 aliphatic rings. The monoisotopic (exact) mass is 275 g/mol. The summed E-state index contributed by atoms with van der Waals surface area (Å²) in [6, 6.07) is 7.07. The van der Waals surface area contributed by atoms with E-state index in [1.54, 1.807) is 0 Å². The predicted molar refractivity (Wildman–Crippen MR) is 74.1 cm³/mol. The highest BCUT2D eigenvalue weighted by Crippen LogP contribution is 2.15. The minimum Gasteiger partial charge on any atom is -0.340 e. The minimum atomic E-state index is -0.286. The molecular formula is C13H17N5O2. The number of urea groups is 1. The summed E-state index contributed by atoms with van der Waals surface area (Å²) >= 11 is 0. The normalized spacial score (nSPS) is 11.9. The van der Waals surface area contributed by atoms with E-state index in [1.165, 1.54) is 6.33 Å². The fourth-order valence-corrected chi connectivity index (χ4v) is 1.66. The van der Waals surface area contributed by atoms with E-state index in [0.29, 0.717) is 24.5 Å². The molecule has 0 bridgehead atoms. The van der Waals surface area contributed by atoms with E-state index < -0.39 is 0 Å². The van der Waals surface area contributed by atoms with Gasteiger partial charge in [-0.15, -0.1) is 0 Å². The maximum atomic E-state index is 11.7. The minimum absolute atomic E-state index is 0.0719. The Bertz CT molecular complexity index is 554. The second-order valence-corrected chi connectivity index (χ2v) is 4.38. The Kier molecular flexibility index (Phi) is 4.67. The molecule has 7 nitrogen and oxygen atoms in total. The van der Waals surface area contributed by atoms with Crippen LogP contribution in [0.1, 0.15) is 24.4 Å². The second kappa shape index (κ2) is 6.67. The number of hydrogen-bond donors (Lipinski definition) is 3. The Balaban J connectivity index is 1.80. The number of benzene rings is 1. The molecule has 1 heterocycles. The van der Waals surface area contributed by atoms with Gasteiger partial charge in [0.1, 0.15) is 0 Å². The van der Waals surface area contributed by atoms with Crippen molar-refractivity contribution in [1.82, 2.24) is 15.5 Å². The Morgan fingerprint density at radius 1 is 1.50 bits per heavy atom. The molecule has 1 aromatic carbocycles. The van der Waals surface area contributed by atoms with Crippen LogP contribution in [-0.2, 0) is 6.42 Å². The Morgan fingerprint density at radius 3 is 3.05 bits per heavy atom. The smallest absolute Gasteiger partial charge is 0.319 e. The largest absolute Gasteiger partial charge is 0.340 e. The van der Waals surface area contributed by atoms with Crippen molar-refractivity contribution in [3.63, 3.8) is 0 Å². The van der Waals surface area contributed by atoms with Gasteiger partial charge in [0.05, 0.1) is 0 Å². The summed E-state index contributed by atoms with van der Waals surface area (Å²) in [4.78, 5) is 15.6. The van der Waals surface area contributed by atoms with Crippen molar-refractivity contribution in [2.45, 2.75) is 19.4 Å². The first-order valence-corrected chi connectivity index (χ1v) is 6.31. The summed E-state index contributed by atoms with van der Waals surface area (Å²) in [7, 11) is 0. The molecule has 0 fully saturated rings. The van der Waals surface area contributed by atoms with Gasteiger partial charge in [-0.1, -0.05) is 17.3 Å². The molecule has 0 aliphatic heterocycles. The van der Waals surface area contributed by atoms with Gasteiger partial charge in [0, 0.05) is 24.7 Å². The third-order valence-corrected chi connectivity index (χ3v) is 2.70. The lowest BCUT2D eigenvalue weighted by atomic mass is 10.1. The molecule has 106 valence electrons. The molecule has 2 amide bonds. The van der Waals surface area contributed by atoms with Crippen LogP contribution in [0.2, 0.25) is 0 Å². The third kappa shape index (κ3) is 4.06. The van der Waals surface area contributed by atoms with E-state index in [1.807, 2.05) is 31.2 Å². The van der Waals surface area contributed by atoms with Gasteiger partial charge in [-0.05, 0) is 24.6 Å². The standard InChI is InChI=1S/C13H17N5O2/c1-9(14)10-3-2-4-11(7-10)18-13(19)15-6-5-12-16-8-17-20-12/h2-4,7-9H,5-6,14H2,1H3,(H2,15,18,19). The molecule has 0 spiro atoms. The van der Waals surface area contributed by atoms with Crippen LogP contribution in [0.4, 0.5) is 10.5 Å². The van der Waals surface area contributed by atoms with Crippen LogP contribution in [0.3, 0.4) is 0 Å². The van der Waals surface area contributed by atoms with E-state index >= 15 is 0 Å². The van der Waals surface area contributed by atoms with Crippen LogP contribution < -0.4 is 16.4 Å². The van der Waals surface area contributed by atoms with Crippen LogP contribution in [0.15, 0.2) is 35.1 Å². The zero-order valence-corrected chi connectivity index (χ0v) is 11.2. The summed E-state index contributed by atoms with van der Waals surface area (Å²) in [5.74, 6) is 0.490. The first-order chi connectivity index (χ1) is 9.65. The van der Waals surface area contributed by atoms with E-state index in [9.17, 15) is 4.79 Å². The van der Waals surface area contributed by atoms with E-state index in [4.69, 9.17) is 10.3 Å². The van der Waals surface area contributed by atoms with Gasteiger partial charge >= 0.3 is 6.03 Å². The summed E-state index contributed by atoms with van der Waals surface area (Å²) in [6.45, 7) is 2.31. The van der Waals surface area contributed by atoms with Crippen LogP contribution in [-0.4, -0.2) is 22.7 Å². The summed E-state index contributed by atoms with van der Waals surface area (Å²) < 4.78 is 4.83. The molecule has 20 heavy (non-hydrogen) atoms. The van der Waals surface area contributed by atoms with Crippen molar-refractivity contribution in [1.29, 1.82) is 0 Å². The Hall–Kier alpha value is -2.41. The van der Waals surface area contributed by atoms with Crippen molar-refractivity contribution in [3.8, 4) is 0 Å². The molecular weight excluding hydrogens is 258 g/mol. The van der Waals surface area contributed by atoms with Gasteiger partial charge in [-0.25, -0.2) is 4.79 Å². The number of carbonyl (C=O) groups is 1. The van der Waals surface area contributed by atoms with Gasteiger partial charge in [0.25, 0.3) is 0 Å². The molecule has 1 unspecified atom stereocenters. The summed E-state index contributed by atoms with van der Waals surface area (Å²) in [6.07, 6.45) is 1.82. The lowest BCUT2D eigenvalue weighted by Crippen LogP contribution is -2.30. The number of amides is 2. The first kappa shape index (κ1) is 14.0. The predicted octanol–water partition coefficient (Wildman–Crippen LogP) is 1.45. The average molecular weight is 275 g/mol. The highest BCUT2D eigenvalue weighted by atomic mass is 16.5. The quantitative estimate of drug-likeness (QED) is 0.765. The summed E-state index contributed by atoms with van der Waals surface area (Å²) in [5, 5.41) is 8.94. The van der Waals surface area contributed by atoms with E-state index in [0.717, 1.165) is 5.56 Å². The van der Waals surface area contributed by atoms with E-state index in [-0.39, 0.29) is 12.1 Å². The zero-order valence-electron chi connectivity index (χ0n) is 11.2. The van der Waals surface area contributed by atoms with E-state index in [2.05, 4.69) is 20.8 Å². The molecule has 0 aliphatic carbocycles. The lowest BCUT2D eigenvalue weighted by Gasteiger charge is -2.10. The van der Waals surface area contributed by atoms with Crippen molar-refractivity contribution in [2.75, 3.05) is 11.9 Å². The first-order valence-electron chi connectivity index (χ1n) is 6.31. The van der Waals surface area contributed by atoms with Gasteiger partial charge in [0.2, 0.25) is 5.89 Å². The fourth-order valence-electron chi connectivity index (χ4n) is 1.66. The number of carbonyl (C=O) groups excluding carboxylic acids is 1. The van der Waals surface area contributed by atoms with Crippen molar-refractivity contribution < 1.29 is 9.32 Å². The van der Waals surface area contributed by atoms with Gasteiger partial charge in [-0.2, -0.15) is 4.98 Å². The molecule has 0 saturated carbocycles. The van der Waals surface area contributed by atoms with Crippen LogP contribution >= 0.6 is 0 Å². The molecule has 7 heteroatoms. The number of aromatic nitrogens is 2. The number of nitrogens with zero attached hydrogens (tertiary/aromatic N) is 2. The maximum Gasteiger partial charge on any atom is 0.319 e. The number of nitrogens with one attached hydrogen (secondary N) is 2. The Morgan fingerprint density at radius 2 is 2.35 bits per heavy atom. The number of anilines is 1. The molecule has 0 radical (unpaired) electrons. The molecule has 2 rings (SSSR count). The van der Waals surface area contributed by atoms with Crippen molar-refractivity contribution in [2.24, 2.45) is 5.73 Å². The average Bonchev–Trinajstić information content (AvgIpc) is 2.92. The maximum absolute atomic E-state index is 11.7. The number of nitrogens with two attached hydrogens (primary N) is 1. The van der Waals surface area contributed by atoms with Gasteiger partial charge < -0.3 is 20.9 Å². The molecule has 1 atom stereocenters. The Labute approximate surface area is 116 Å². The second-order valence-electron chi connectivity index (χ2n) is 4.38. The highest BCUT2D eigenvalue weighted by Gasteiger charge is 2.05. The lowest BCUT2D eigenvalue weighted by molar-refractivity contribution is 0.252. The summed E-state index contributed by atoms with van der Waals surface area (Å²) in [5.41, 5.74) is 7.47. The molecule has 2 aromatic rings. The highest BCUT2D eigenvalue weighted by molar-refractivity contribution is 5.89. The van der Waals surface area contributed by atoms with Crippen molar-refractivity contribution >= 4 is 11.7 Å². The fraction of sp³-hybridized carbons (Fsp3) is 0.308. The van der Waals surface area contributed by atoms with Crippen LogP contribution in [0.5, 0.6) is 0 Å². The molecule has 1 aromatic heterocycles. The van der Waals surface area contributed by atoms with Gasteiger partial charge in [-0.3, -0.25) is 0 Å². The molecule has 0 saturated heterocycles. The third-order valence-electron chi connectivity index (χ3n) is 2.70. The number of rotatable bonds is 5. The van der Waals surface area contributed by atoms with Crippen molar-refractivity contribution in [3.05, 3.63) is 42.0 Å².